The van der Waals surface area contributed by atoms with Crippen molar-refractivity contribution in [3.05, 3.63) is 0 Å². The third kappa shape index (κ3) is 8.77. The SMILES string of the molecule is CC(C=NCC=O)CCC=NCC=O. The normalized spacial score (nSPS) is 13.5. The third-order valence-electron chi connectivity index (χ3n) is 1.60. The van der Waals surface area contributed by atoms with Gasteiger partial charge < -0.3 is 9.59 Å². The van der Waals surface area contributed by atoms with Gasteiger partial charge in [-0.25, -0.2) is 0 Å². The van der Waals surface area contributed by atoms with E-state index < -0.39 is 0 Å². The molecule has 0 radical (unpaired) electrons. The van der Waals surface area contributed by atoms with Crippen LogP contribution < -0.4 is 0 Å². The van der Waals surface area contributed by atoms with Crippen molar-refractivity contribution >= 4 is 25.0 Å². The Labute approximate surface area is 84.1 Å². The summed E-state index contributed by atoms with van der Waals surface area (Å²) in [4.78, 5) is 27.6. The van der Waals surface area contributed by atoms with E-state index in [1.165, 1.54) is 0 Å². The summed E-state index contributed by atoms with van der Waals surface area (Å²) < 4.78 is 0. The first kappa shape index (κ1) is 12.7. The van der Waals surface area contributed by atoms with Crippen LogP contribution in [-0.4, -0.2) is 38.1 Å². The summed E-state index contributed by atoms with van der Waals surface area (Å²) in [6.07, 6.45) is 6.84. The predicted octanol–water partition coefficient (Wildman–Crippen LogP) is 0.942. The van der Waals surface area contributed by atoms with Crippen LogP contribution >= 0.6 is 0 Å². The molecule has 0 saturated heterocycles. The maximum absolute atomic E-state index is 9.95. The molecule has 4 nitrogen and oxygen atoms in total. The lowest BCUT2D eigenvalue weighted by atomic mass is 10.1. The zero-order valence-electron chi connectivity index (χ0n) is 8.43. The van der Waals surface area contributed by atoms with Crippen molar-refractivity contribution in [3.63, 3.8) is 0 Å². The van der Waals surface area contributed by atoms with E-state index in [1.807, 2.05) is 6.92 Å². The average Bonchev–Trinajstić information content (AvgIpc) is 2.18. The maximum Gasteiger partial charge on any atom is 0.141 e. The molecule has 78 valence electrons. The van der Waals surface area contributed by atoms with E-state index in [2.05, 4.69) is 9.98 Å². The minimum atomic E-state index is 0.240. The van der Waals surface area contributed by atoms with E-state index in [4.69, 9.17) is 0 Å². The van der Waals surface area contributed by atoms with Gasteiger partial charge in [-0.05, 0) is 25.0 Å². The van der Waals surface area contributed by atoms with Crippen LogP contribution in [0.2, 0.25) is 0 Å². The molecule has 0 aromatic carbocycles. The summed E-state index contributed by atoms with van der Waals surface area (Å²) in [5.41, 5.74) is 0. The molecule has 0 aromatic heterocycles. The summed E-state index contributed by atoms with van der Waals surface area (Å²) in [5, 5.41) is 0. The largest absolute Gasteiger partial charge is 0.301 e. The molecule has 4 heteroatoms. The Balaban J connectivity index is 3.47. The molecular weight excluding hydrogens is 180 g/mol. The van der Waals surface area contributed by atoms with E-state index in [0.717, 1.165) is 25.4 Å². The molecule has 1 atom stereocenters. The van der Waals surface area contributed by atoms with E-state index in [1.54, 1.807) is 12.4 Å². The Morgan fingerprint density at radius 1 is 1.14 bits per heavy atom. The minimum Gasteiger partial charge on any atom is -0.301 e. The van der Waals surface area contributed by atoms with Crippen LogP contribution in [0.5, 0.6) is 0 Å². The second kappa shape index (κ2) is 9.77. The van der Waals surface area contributed by atoms with Crippen LogP contribution in [0, 0.1) is 5.92 Å². The average molecular weight is 196 g/mol. The molecule has 0 spiro atoms. The van der Waals surface area contributed by atoms with Gasteiger partial charge in [0, 0.05) is 6.21 Å². The number of aldehydes is 2. The highest BCUT2D eigenvalue weighted by atomic mass is 16.1. The Hall–Kier alpha value is -1.32. The van der Waals surface area contributed by atoms with Crippen molar-refractivity contribution in [3.8, 4) is 0 Å². The van der Waals surface area contributed by atoms with Gasteiger partial charge in [0.1, 0.15) is 12.6 Å². The summed E-state index contributed by atoms with van der Waals surface area (Å²) in [6, 6.07) is 0. The lowest BCUT2D eigenvalue weighted by molar-refractivity contribution is -0.107. The van der Waals surface area contributed by atoms with E-state index >= 15 is 0 Å². The number of aliphatic imine (C=N–C) groups is 2. The lowest BCUT2D eigenvalue weighted by Gasteiger charge is -2.00. The van der Waals surface area contributed by atoms with Gasteiger partial charge in [0.2, 0.25) is 0 Å². The Kier molecular flexibility index (Phi) is 8.84. The third-order valence-corrected chi connectivity index (χ3v) is 1.60. The van der Waals surface area contributed by atoms with Gasteiger partial charge in [0.05, 0.1) is 13.1 Å². The second-order valence-electron chi connectivity index (χ2n) is 2.95. The lowest BCUT2D eigenvalue weighted by Crippen LogP contribution is -1.97. The molecule has 0 rings (SSSR count). The number of carbonyl (C=O) groups is 2. The van der Waals surface area contributed by atoms with E-state index in [9.17, 15) is 9.59 Å². The highest BCUT2D eigenvalue weighted by Gasteiger charge is 1.95. The van der Waals surface area contributed by atoms with Crippen molar-refractivity contribution < 1.29 is 9.59 Å². The zero-order valence-corrected chi connectivity index (χ0v) is 8.43. The Morgan fingerprint density at radius 3 is 2.43 bits per heavy atom. The molecule has 0 aliphatic carbocycles. The monoisotopic (exact) mass is 196 g/mol. The van der Waals surface area contributed by atoms with Crippen LogP contribution in [0.25, 0.3) is 0 Å². The van der Waals surface area contributed by atoms with Crippen LogP contribution in [0.1, 0.15) is 19.8 Å². The van der Waals surface area contributed by atoms with Crippen LogP contribution in [-0.2, 0) is 9.59 Å². The summed E-state index contributed by atoms with van der Waals surface area (Å²) in [5.74, 6) is 0.345. The molecule has 0 heterocycles. The van der Waals surface area contributed by atoms with Crippen molar-refractivity contribution in [1.29, 1.82) is 0 Å². The van der Waals surface area contributed by atoms with Crippen molar-refractivity contribution in [2.75, 3.05) is 13.1 Å². The maximum atomic E-state index is 9.95. The highest BCUT2D eigenvalue weighted by molar-refractivity contribution is 5.65. The predicted molar refractivity (Wildman–Crippen MR) is 57.2 cm³/mol. The molecule has 14 heavy (non-hydrogen) atoms. The molecule has 0 aliphatic rings. The Bertz CT molecular complexity index is 212. The number of nitrogens with zero attached hydrogens (tertiary/aromatic N) is 2. The molecule has 0 bridgehead atoms. The van der Waals surface area contributed by atoms with Gasteiger partial charge in [-0.1, -0.05) is 6.92 Å². The smallest absolute Gasteiger partial charge is 0.141 e. The minimum absolute atomic E-state index is 0.240. The summed E-state index contributed by atoms with van der Waals surface area (Å²) in [7, 11) is 0. The van der Waals surface area contributed by atoms with Gasteiger partial charge in [-0.15, -0.1) is 0 Å². The molecule has 0 N–H and O–H groups in total. The van der Waals surface area contributed by atoms with Gasteiger partial charge in [0.15, 0.2) is 0 Å². The van der Waals surface area contributed by atoms with Crippen molar-refractivity contribution in [2.45, 2.75) is 19.8 Å². The van der Waals surface area contributed by atoms with Gasteiger partial charge >= 0.3 is 0 Å². The van der Waals surface area contributed by atoms with Crippen molar-refractivity contribution in [1.82, 2.24) is 0 Å². The summed E-state index contributed by atoms with van der Waals surface area (Å²) in [6.45, 7) is 2.51. The van der Waals surface area contributed by atoms with Crippen molar-refractivity contribution in [2.24, 2.45) is 15.9 Å². The fourth-order valence-corrected chi connectivity index (χ4v) is 0.905. The van der Waals surface area contributed by atoms with Gasteiger partial charge in [-0.3, -0.25) is 9.98 Å². The number of rotatable bonds is 8. The summed E-state index contributed by atoms with van der Waals surface area (Å²) >= 11 is 0. The number of hydrogen-bond donors (Lipinski definition) is 0. The highest BCUT2D eigenvalue weighted by Crippen LogP contribution is 2.00. The molecule has 0 saturated carbocycles. The molecular formula is C10H16N2O2. The van der Waals surface area contributed by atoms with Gasteiger partial charge in [0.25, 0.3) is 0 Å². The fourth-order valence-electron chi connectivity index (χ4n) is 0.905. The molecule has 0 aromatic rings. The number of carbonyl (C=O) groups excluding carboxylic acids is 2. The molecule has 0 fully saturated rings. The Morgan fingerprint density at radius 2 is 1.79 bits per heavy atom. The van der Waals surface area contributed by atoms with E-state index in [-0.39, 0.29) is 13.1 Å². The standard InChI is InChI=1S/C10H16N2O2/c1-10(9-12-6-8-14)3-2-4-11-5-7-13/h4,7-10H,2-3,5-6H2,1H3. The first-order chi connectivity index (χ1) is 6.81. The van der Waals surface area contributed by atoms with Crippen LogP contribution in [0.3, 0.4) is 0 Å². The van der Waals surface area contributed by atoms with Crippen LogP contribution in [0.15, 0.2) is 9.98 Å². The van der Waals surface area contributed by atoms with Crippen LogP contribution in [0.4, 0.5) is 0 Å². The first-order valence-electron chi connectivity index (χ1n) is 4.66. The first-order valence-corrected chi connectivity index (χ1v) is 4.66. The van der Waals surface area contributed by atoms with E-state index in [0.29, 0.717) is 5.92 Å². The number of hydrogen-bond acceptors (Lipinski definition) is 4. The molecule has 0 aliphatic heterocycles. The topological polar surface area (TPSA) is 58.9 Å². The quantitative estimate of drug-likeness (QED) is 0.428. The fraction of sp³-hybridized carbons (Fsp3) is 0.600. The second-order valence-corrected chi connectivity index (χ2v) is 2.95. The molecule has 0 amide bonds. The molecule has 1 unspecified atom stereocenters. The zero-order chi connectivity index (χ0) is 10.6. The van der Waals surface area contributed by atoms with Gasteiger partial charge in [-0.2, -0.15) is 0 Å².